The van der Waals surface area contributed by atoms with E-state index in [0.717, 1.165) is 24.3 Å². The fraction of sp³-hybridized carbons (Fsp3) is 0.524. The van der Waals surface area contributed by atoms with Crippen molar-refractivity contribution in [2.45, 2.75) is 38.9 Å². The van der Waals surface area contributed by atoms with E-state index in [9.17, 15) is 32.3 Å². The second-order valence-electron chi connectivity index (χ2n) is 7.09. The van der Waals surface area contributed by atoms with Crippen LogP contribution in [0.25, 0.3) is 0 Å². The lowest BCUT2D eigenvalue weighted by Crippen LogP contribution is -2.51. The molecule has 1 N–H and O–H groups in total. The van der Waals surface area contributed by atoms with E-state index in [1.54, 1.807) is 13.8 Å². The zero-order valence-corrected chi connectivity index (χ0v) is 17.7. The SMILES string of the molecule is CCOC(=O)C(NC(=O)C1CCN(C(=O)c2ccc(C(F)(F)F)cc2)CC1)C(=O)OCC. The minimum atomic E-state index is -4.49. The maximum absolute atomic E-state index is 12.7. The van der Waals surface area contributed by atoms with Gasteiger partial charge in [0.15, 0.2) is 0 Å². The summed E-state index contributed by atoms with van der Waals surface area (Å²) in [6.45, 7) is 3.56. The first-order valence-corrected chi connectivity index (χ1v) is 10.2. The van der Waals surface area contributed by atoms with E-state index in [4.69, 9.17) is 9.47 Å². The van der Waals surface area contributed by atoms with Gasteiger partial charge in [0.05, 0.1) is 18.8 Å². The van der Waals surface area contributed by atoms with Crippen LogP contribution < -0.4 is 5.32 Å². The number of esters is 2. The molecule has 176 valence electrons. The highest BCUT2D eigenvalue weighted by atomic mass is 19.4. The van der Waals surface area contributed by atoms with Crippen molar-refractivity contribution in [3.63, 3.8) is 0 Å². The van der Waals surface area contributed by atoms with Crippen LogP contribution in [0.5, 0.6) is 0 Å². The number of nitrogens with one attached hydrogen (secondary N) is 1. The molecule has 0 spiro atoms. The van der Waals surface area contributed by atoms with Gasteiger partial charge in [-0.2, -0.15) is 13.2 Å². The largest absolute Gasteiger partial charge is 0.464 e. The molecule has 1 aromatic carbocycles. The van der Waals surface area contributed by atoms with E-state index in [2.05, 4.69) is 5.32 Å². The molecule has 0 atom stereocenters. The molecule has 1 aliphatic rings. The summed E-state index contributed by atoms with van der Waals surface area (Å²) in [5.74, 6) is -3.38. The number of rotatable bonds is 7. The number of benzene rings is 1. The van der Waals surface area contributed by atoms with Crippen molar-refractivity contribution < 1.29 is 41.8 Å². The number of hydrogen-bond acceptors (Lipinski definition) is 6. The van der Waals surface area contributed by atoms with E-state index in [-0.39, 0.29) is 44.7 Å². The normalized spacial score (nSPS) is 14.8. The first-order chi connectivity index (χ1) is 15.1. The predicted octanol–water partition coefficient (Wildman–Crippen LogP) is 2.17. The molecule has 1 fully saturated rings. The third kappa shape index (κ3) is 6.44. The summed E-state index contributed by atoms with van der Waals surface area (Å²) < 4.78 is 47.7. The summed E-state index contributed by atoms with van der Waals surface area (Å²) in [4.78, 5) is 50.6. The first-order valence-electron chi connectivity index (χ1n) is 10.2. The molecule has 1 aromatic rings. The zero-order chi connectivity index (χ0) is 23.9. The molecule has 0 aromatic heterocycles. The zero-order valence-electron chi connectivity index (χ0n) is 17.7. The Morgan fingerprint density at radius 1 is 1.00 bits per heavy atom. The molecular formula is C21H25F3N2O6. The number of amides is 2. The Kier molecular flexibility index (Phi) is 8.62. The van der Waals surface area contributed by atoms with Gasteiger partial charge in [-0.1, -0.05) is 0 Å². The molecule has 2 amide bonds. The molecule has 1 saturated heterocycles. The molecule has 2 rings (SSSR count). The number of carbonyl (C=O) groups excluding carboxylic acids is 4. The fourth-order valence-electron chi connectivity index (χ4n) is 3.25. The number of alkyl halides is 3. The standard InChI is InChI=1S/C21H25F3N2O6/c1-3-31-19(29)16(20(30)32-4-2)25-17(27)13-9-11-26(12-10-13)18(28)14-5-7-15(8-6-14)21(22,23)24/h5-8,13,16H,3-4,9-12H2,1-2H3,(H,25,27). The highest BCUT2D eigenvalue weighted by Gasteiger charge is 2.35. The second kappa shape index (κ2) is 11.0. The van der Waals surface area contributed by atoms with Gasteiger partial charge >= 0.3 is 18.1 Å². The van der Waals surface area contributed by atoms with Crippen LogP contribution >= 0.6 is 0 Å². The summed E-state index contributed by atoms with van der Waals surface area (Å²) >= 11 is 0. The van der Waals surface area contributed by atoms with Crippen molar-refractivity contribution in [3.8, 4) is 0 Å². The van der Waals surface area contributed by atoms with Crippen LogP contribution in [0.15, 0.2) is 24.3 Å². The Bertz CT molecular complexity index is 815. The van der Waals surface area contributed by atoms with Gasteiger partial charge in [-0.15, -0.1) is 0 Å². The highest BCUT2D eigenvalue weighted by Crippen LogP contribution is 2.29. The van der Waals surface area contributed by atoms with E-state index < -0.39 is 47.5 Å². The third-order valence-electron chi connectivity index (χ3n) is 4.94. The molecule has 0 saturated carbocycles. The Morgan fingerprint density at radius 3 is 1.94 bits per heavy atom. The minimum absolute atomic E-state index is 0.0229. The fourth-order valence-corrected chi connectivity index (χ4v) is 3.25. The number of nitrogens with zero attached hydrogens (tertiary/aromatic N) is 1. The smallest absolute Gasteiger partial charge is 0.416 e. The van der Waals surface area contributed by atoms with Crippen LogP contribution in [-0.4, -0.2) is 61.0 Å². The molecular weight excluding hydrogens is 433 g/mol. The molecule has 8 nitrogen and oxygen atoms in total. The van der Waals surface area contributed by atoms with Crippen molar-refractivity contribution in [2.24, 2.45) is 5.92 Å². The van der Waals surface area contributed by atoms with Crippen molar-refractivity contribution in [1.82, 2.24) is 10.2 Å². The molecule has 0 radical (unpaired) electrons. The number of likely N-dealkylation sites (tertiary alicyclic amines) is 1. The quantitative estimate of drug-likeness (QED) is 0.496. The average molecular weight is 458 g/mol. The summed E-state index contributed by atoms with van der Waals surface area (Å²) in [5.41, 5.74) is -0.729. The van der Waals surface area contributed by atoms with Crippen LogP contribution in [0, 0.1) is 5.92 Å². The van der Waals surface area contributed by atoms with Gasteiger partial charge in [0, 0.05) is 24.6 Å². The number of piperidine rings is 1. The van der Waals surface area contributed by atoms with Gasteiger partial charge in [0.2, 0.25) is 11.9 Å². The topological polar surface area (TPSA) is 102 Å². The highest BCUT2D eigenvalue weighted by molar-refractivity contribution is 6.02. The van der Waals surface area contributed by atoms with E-state index in [1.165, 1.54) is 4.90 Å². The Balaban J connectivity index is 1.95. The van der Waals surface area contributed by atoms with Crippen molar-refractivity contribution in [1.29, 1.82) is 0 Å². The lowest BCUT2D eigenvalue weighted by molar-refractivity contribution is -0.160. The van der Waals surface area contributed by atoms with Gasteiger partial charge in [-0.3, -0.25) is 9.59 Å². The Hall–Kier alpha value is -3.11. The lowest BCUT2D eigenvalue weighted by atomic mass is 9.95. The van der Waals surface area contributed by atoms with Gasteiger partial charge in [-0.25, -0.2) is 9.59 Å². The lowest BCUT2D eigenvalue weighted by Gasteiger charge is -2.32. The van der Waals surface area contributed by atoms with Crippen molar-refractivity contribution in [3.05, 3.63) is 35.4 Å². The van der Waals surface area contributed by atoms with Crippen molar-refractivity contribution in [2.75, 3.05) is 26.3 Å². The second-order valence-corrected chi connectivity index (χ2v) is 7.09. The molecule has 1 aliphatic heterocycles. The molecule has 0 bridgehead atoms. The van der Waals surface area contributed by atoms with E-state index in [0.29, 0.717) is 0 Å². The maximum Gasteiger partial charge on any atom is 0.416 e. The van der Waals surface area contributed by atoms with Gasteiger partial charge in [0.1, 0.15) is 0 Å². The van der Waals surface area contributed by atoms with Gasteiger partial charge in [-0.05, 0) is 51.0 Å². The summed E-state index contributed by atoms with van der Waals surface area (Å²) in [6.07, 6.45) is -3.97. The van der Waals surface area contributed by atoms with Crippen LogP contribution in [0.3, 0.4) is 0 Å². The van der Waals surface area contributed by atoms with Crippen LogP contribution in [0.4, 0.5) is 13.2 Å². The third-order valence-corrected chi connectivity index (χ3v) is 4.94. The molecule has 0 aliphatic carbocycles. The van der Waals surface area contributed by atoms with E-state index >= 15 is 0 Å². The monoisotopic (exact) mass is 458 g/mol. The van der Waals surface area contributed by atoms with Crippen molar-refractivity contribution >= 4 is 23.8 Å². The van der Waals surface area contributed by atoms with Gasteiger partial charge < -0.3 is 19.7 Å². The molecule has 1 heterocycles. The minimum Gasteiger partial charge on any atom is -0.464 e. The average Bonchev–Trinajstić information content (AvgIpc) is 2.76. The predicted molar refractivity (Wildman–Crippen MR) is 105 cm³/mol. The summed E-state index contributed by atoms with van der Waals surface area (Å²) in [5, 5.41) is 2.35. The van der Waals surface area contributed by atoms with E-state index in [1.807, 2.05) is 0 Å². The maximum atomic E-state index is 12.7. The Morgan fingerprint density at radius 2 is 1.50 bits per heavy atom. The molecule has 32 heavy (non-hydrogen) atoms. The number of carbonyl (C=O) groups is 4. The molecule has 0 unspecified atom stereocenters. The first kappa shape index (κ1) is 25.2. The number of hydrogen-bond donors (Lipinski definition) is 1. The van der Waals surface area contributed by atoms with Gasteiger partial charge in [0.25, 0.3) is 5.91 Å². The van der Waals surface area contributed by atoms with Crippen LogP contribution in [0.2, 0.25) is 0 Å². The van der Waals surface area contributed by atoms with Crippen LogP contribution in [-0.2, 0) is 30.0 Å². The summed E-state index contributed by atoms with van der Waals surface area (Å²) in [7, 11) is 0. The van der Waals surface area contributed by atoms with Crippen LogP contribution in [0.1, 0.15) is 42.6 Å². The summed E-state index contributed by atoms with van der Waals surface area (Å²) in [6, 6.07) is 2.35. The number of halogens is 3. The number of ether oxygens (including phenoxy) is 2. The Labute approximate surface area is 183 Å². The molecule has 11 heteroatoms.